The minimum absolute atomic E-state index is 0.182. The van der Waals surface area contributed by atoms with Crippen LogP contribution in [0.2, 0.25) is 0 Å². The Morgan fingerprint density at radius 1 is 1.50 bits per heavy atom. The lowest BCUT2D eigenvalue weighted by Gasteiger charge is -2.12. The molecule has 0 spiro atoms. The Bertz CT molecular complexity index is 608. The molecule has 0 radical (unpaired) electrons. The van der Waals surface area contributed by atoms with Crippen LogP contribution in [0.4, 0.5) is 4.39 Å². The lowest BCUT2D eigenvalue weighted by molar-refractivity contribution is 0.281. The van der Waals surface area contributed by atoms with Crippen LogP contribution in [0, 0.1) is 5.82 Å². The van der Waals surface area contributed by atoms with Crippen LogP contribution < -0.4 is 10.5 Å². The summed E-state index contributed by atoms with van der Waals surface area (Å²) >= 11 is 0. The molecule has 1 aromatic carbocycles. The highest BCUT2D eigenvalue weighted by molar-refractivity contribution is 5.36. The van der Waals surface area contributed by atoms with Gasteiger partial charge in [-0.25, -0.2) is 4.39 Å². The molecule has 106 valence electrons. The molecule has 1 atom stereocenters. The van der Waals surface area contributed by atoms with Gasteiger partial charge in [0.25, 0.3) is 0 Å². The summed E-state index contributed by atoms with van der Waals surface area (Å²) in [5, 5.41) is 3.87. The lowest BCUT2D eigenvalue weighted by Crippen LogP contribution is -2.09. The number of hydrogen-bond donors (Lipinski definition) is 1. The predicted octanol–water partition coefficient (Wildman–Crippen LogP) is 2.68. The van der Waals surface area contributed by atoms with Gasteiger partial charge in [-0.05, 0) is 38.0 Å². The fraction of sp³-hybridized carbons (Fsp3) is 0.429. The second-order valence-electron chi connectivity index (χ2n) is 5.08. The number of ether oxygens (including phenoxy) is 1. The summed E-state index contributed by atoms with van der Waals surface area (Å²) in [7, 11) is 0. The second kappa shape index (κ2) is 5.20. The average molecular weight is 277 g/mol. The molecule has 20 heavy (non-hydrogen) atoms. The number of aromatic nitrogens is 2. The van der Waals surface area contributed by atoms with Gasteiger partial charge in [0, 0.05) is 17.5 Å². The Hall–Kier alpha value is -1.95. The van der Waals surface area contributed by atoms with Crippen LogP contribution in [0.5, 0.6) is 5.75 Å². The van der Waals surface area contributed by atoms with Gasteiger partial charge in [0.05, 0.1) is 0 Å². The van der Waals surface area contributed by atoms with Gasteiger partial charge in [-0.2, -0.15) is 4.98 Å². The molecule has 1 heterocycles. The molecule has 1 aliphatic carbocycles. The van der Waals surface area contributed by atoms with E-state index in [0.717, 1.165) is 12.8 Å². The maximum absolute atomic E-state index is 13.2. The minimum Gasteiger partial charge on any atom is -0.485 e. The molecule has 1 aliphatic rings. The van der Waals surface area contributed by atoms with Crippen LogP contribution in [0.25, 0.3) is 0 Å². The van der Waals surface area contributed by atoms with E-state index in [1.807, 2.05) is 0 Å². The molecule has 5 nitrogen and oxygen atoms in total. The van der Waals surface area contributed by atoms with E-state index in [1.54, 1.807) is 13.0 Å². The Labute approximate surface area is 115 Å². The topological polar surface area (TPSA) is 74.2 Å². The quantitative estimate of drug-likeness (QED) is 0.909. The largest absolute Gasteiger partial charge is 0.485 e. The molecule has 1 fully saturated rings. The van der Waals surface area contributed by atoms with Gasteiger partial charge < -0.3 is 15.0 Å². The summed E-state index contributed by atoms with van der Waals surface area (Å²) in [6.07, 6.45) is 2.21. The van der Waals surface area contributed by atoms with E-state index >= 15 is 0 Å². The van der Waals surface area contributed by atoms with Crippen molar-refractivity contribution < 1.29 is 13.7 Å². The molecule has 6 heteroatoms. The van der Waals surface area contributed by atoms with Crippen molar-refractivity contribution in [2.45, 2.75) is 38.3 Å². The first-order chi connectivity index (χ1) is 9.63. The van der Waals surface area contributed by atoms with E-state index in [2.05, 4.69) is 10.1 Å². The average Bonchev–Trinajstić information content (AvgIpc) is 3.17. The van der Waals surface area contributed by atoms with Gasteiger partial charge >= 0.3 is 0 Å². The standard InChI is InChI=1S/C14H16FN3O2/c1-8(16)11-6-10(15)4-5-12(11)19-7-13-17-14(20-18-13)9-2-3-9/h4-6,8-9H,2-3,7,16H2,1H3/t8-/m0/s1. The second-order valence-corrected chi connectivity index (χ2v) is 5.08. The summed E-state index contributed by atoms with van der Waals surface area (Å²) in [5.41, 5.74) is 6.43. The number of hydrogen-bond acceptors (Lipinski definition) is 5. The number of nitrogens with two attached hydrogens (primary N) is 1. The van der Waals surface area contributed by atoms with Crippen molar-refractivity contribution in [3.63, 3.8) is 0 Å². The monoisotopic (exact) mass is 277 g/mol. The maximum Gasteiger partial charge on any atom is 0.229 e. The van der Waals surface area contributed by atoms with E-state index in [-0.39, 0.29) is 18.5 Å². The van der Waals surface area contributed by atoms with E-state index < -0.39 is 0 Å². The third kappa shape index (κ3) is 2.80. The molecule has 0 unspecified atom stereocenters. The van der Waals surface area contributed by atoms with Crippen LogP contribution in [-0.2, 0) is 6.61 Å². The number of halogens is 1. The first kappa shape index (κ1) is 13.1. The zero-order valence-electron chi connectivity index (χ0n) is 11.2. The maximum atomic E-state index is 13.2. The van der Waals surface area contributed by atoms with E-state index in [0.29, 0.717) is 28.9 Å². The molecule has 0 amide bonds. The molecular formula is C14H16FN3O2. The molecule has 0 bridgehead atoms. The van der Waals surface area contributed by atoms with Crippen molar-refractivity contribution in [2.24, 2.45) is 5.73 Å². The molecule has 2 N–H and O–H groups in total. The molecule has 3 rings (SSSR count). The van der Waals surface area contributed by atoms with Gasteiger partial charge in [0.1, 0.15) is 11.6 Å². The van der Waals surface area contributed by atoms with Crippen molar-refractivity contribution in [3.8, 4) is 5.75 Å². The molecular weight excluding hydrogens is 261 g/mol. The van der Waals surface area contributed by atoms with Crippen molar-refractivity contribution >= 4 is 0 Å². The van der Waals surface area contributed by atoms with Crippen LogP contribution in [0.3, 0.4) is 0 Å². The fourth-order valence-corrected chi connectivity index (χ4v) is 1.97. The Kier molecular flexibility index (Phi) is 3.40. The van der Waals surface area contributed by atoms with Gasteiger partial charge in [0.15, 0.2) is 6.61 Å². The molecule has 1 aromatic heterocycles. The number of benzene rings is 1. The Morgan fingerprint density at radius 2 is 2.30 bits per heavy atom. The third-order valence-corrected chi connectivity index (χ3v) is 3.23. The SMILES string of the molecule is C[C@H](N)c1cc(F)ccc1OCc1noc(C2CC2)n1. The van der Waals surface area contributed by atoms with Crippen molar-refractivity contribution in [2.75, 3.05) is 0 Å². The van der Waals surface area contributed by atoms with Crippen LogP contribution in [0.1, 0.15) is 49.0 Å². The van der Waals surface area contributed by atoms with E-state index in [1.165, 1.54) is 12.1 Å². The molecule has 0 aliphatic heterocycles. The Morgan fingerprint density at radius 3 is 3.00 bits per heavy atom. The van der Waals surface area contributed by atoms with Gasteiger partial charge in [0.2, 0.25) is 11.7 Å². The molecule has 2 aromatic rings. The van der Waals surface area contributed by atoms with Crippen LogP contribution >= 0.6 is 0 Å². The van der Waals surface area contributed by atoms with Crippen LogP contribution in [-0.4, -0.2) is 10.1 Å². The van der Waals surface area contributed by atoms with Crippen LogP contribution in [0.15, 0.2) is 22.7 Å². The highest BCUT2D eigenvalue weighted by atomic mass is 19.1. The van der Waals surface area contributed by atoms with Gasteiger partial charge in [-0.3, -0.25) is 0 Å². The first-order valence-corrected chi connectivity index (χ1v) is 6.64. The van der Waals surface area contributed by atoms with E-state index in [9.17, 15) is 4.39 Å². The van der Waals surface area contributed by atoms with Crippen molar-refractivity contribution in [3.05, 3.63) is 41.3 Å². The fourth-order valence-electron chi connectivity index (χ4n) is 1.97. The highest BCUT2D eigenvalue weighted by Gasteiger charge is 2.29. The predicted molar refractivity (Wildman–Crippen MR) is 69.6 cm³/mol. The number of nitrogens with zero attached hydrogens (tertiary/aromatic N) is 2. The molecule has 0 saturated heterocycles. The summed E-state index contributed by atoms with van der Waals surface area (Å²) in [5.74, 6) is 1.79. The van der Waals surface area contributed by atoms with Crippen molar-refractivity contribution in [1.29, 1.82) is 0 Å². The smallest absolute Gasteiger partial charge is 0.229 e. The minimum atomic E-state index is -0.333. The summed E-state index contributed by atoms with van der Waals surface area (Å²) in [4.78, 5) is 4.27. The number of rotatable bonds is 5. The zero-order valence-corrected chi connectivity index (χ0v) is 11.2. The summed E-state index contributed by atoms with van der Waals surface area (Å²) in [6, 6.07) is 3.97. The van der Waals surface area contributed by atoms with Gasteiger partial charge in [-0.15, -0.1) is 0 Å². The third-order valence-electron chi connectivity index (χ3n) is 3.23. The summed E-state index contributed by atoms with van der Waals surface area (Å²) in [6.45, 7) is 1.96. The summed E-state index contributed by atoms with van der Waals surface area (Å²) < 4.78 is 24.0. The van der Waals surface area contributed by atoms with Gasteiger partial charge in [-0.1, -0.05) is 5.16 Å². The Balaban J connectivity index is 1.70. The highest BCUT2D eigenvalue weighted by Crippen LogP contribution is 2.38. The zero-order chi connectivity index (χ0) is 14.1. The van der Waals surface area contributed by atoms with E-state index in [4.69, 9.17) is 15.0 Å². The normalized spacial score (nSPS) is 16.1. The lowest BCUT2D eigenvalue weighted by atomic mass is 10.1. The van der Waals surface area contributed by atoms with Crippen molar-refractivity contribution in [1.82, 2.24) is 10.1 Å². The first-order valence-electron chi connectivity index (χ1n) is 6.64. The molecule has 1 saturated carbocycles.